The molecule has 0 saturated carbocycles. The Morgan fingerprint density at radius 1 is 1.05 bits per heavy atom. The minimum Gasteiger partial charge on any atom is -0.457 e. The number of aliphatic hydroxyl groups is 1. The van der Waals surface area contributed by atoms with E-state index in [1.807, 2.05) is 6.92 Å². The molecule has 5 rings (SSSR count). The Hall–Kier alpha value is -3.61. The molecule has 3 heterocycles. The van der Waals surface area contributed by atoms with Crippen molar-refractivity contribution in [2.75, 3.05) is 19.8 Å². The molecule has 0 bridgehead atoms. The van der Waals surface area contributed by atoms with E-state index in [0.29, 0.717) is 40.5 Å². The van der Waals surface area contributed by atoms with E-state index in [2.05, 4.69) is 9.72 Å². The SMILES string of the molecule is Cc1c(-c2ccc(Oc3ccc(OC(F)(F)F)cc3)cc2)sc2c1c(=O)[nH]c(=O)n2CC1(CO)COC1. The molecule has 2 aromatic heterocycles. The first-order valence-electron chi connectivity index (χ1n) is 11.2. The van der Waals surface area contributed by atoms with Crippen molar-refractivity contribution in [3.63, 3.8) is 0 Å². The molecule has 1 fully saturated rings. The lowest BCUT2D eigenvalue weighted by atomic mass is 9.87. The van der Waals surface area contributed by atoms with Crippen molar-refractivity contribution in [2.24, 2.45) is 5.41 Å². The number of rotatable bonds is 7. The second-order valence-corrected chi connectivity index (χ2v) is 9.88. The molecular weight excluding hydrogens is 513 g/mol. The highest BCUT2D eigenvalue weighted by molar-refractivity contribution is 7.22. The van der Waals surface area contributed by atoms with Crippen LogP contribution in [0.5, 0.6) is 17.2 Å². The molecule has 4 aromatic rings. The topological polar surface area (TPSA) is 103 Å². The zero-order valence-corrected chi connectivity index (χ0v) is 20.2. The quantitative estimate of drug-likeness (QED) is 0.364. The van der Waals surface area contributed by atoms with Crippen molar-refractivity contribution in [3.8, 4) is 27.7 Å². The first-order chi connectivity index (χ1) is 17.6. The zero-order valence-electron chi connectivity index (χ0n) is 19.4. The molecule has 0 aliphatic carbocycles. The van der Waals surface area contributed by atoms with E-state index >= 15 is 0 Å². The molecule has 37 heavy (non-hydrogen) atoms. The summed E-state index contributed by atoms with van der Waals surface area (Å²) in [5.74, 6) is 0.434. The average molecular weight is 535 g/mol. The fourth-order valence-corrected chi connectivity index (χ4v) is 5.48. The monoisotopic (exact) mass is 534 g/mol. The van der Waals surface area contributed by atoms with Gasteiger partial charge in [-0.05, 0) is 66.6 Å². The van der Waals surface area contributed by atoms with Gasteiger partial charge in [0.05, 0.1) is 30.6 Å². The molecule has 0 radical (unpaired) electrons. The number of benzene rings is 2. The van der Waals surface area contributed by atoms with Gasteiger partial charge in [-0.15, -0.1) is 24.5 Å². The predicted octanol–water partition coefficient (Wildman–Crippen LogP) is 4.43. The molecule has 0 atom stereocenters. The zero-order chi connectivity index (χ0) is 26.4. The first-order valence-corrected chi connectivity index (χ1v) is 12.0. The molecule has 1 aliphatic heterocycles. The molecule has 2 aromatic carbocycles. The van der Waals surface area contributed by atoms with Crippen molar-refractivity contribution in [1.29, 1.82) is 0 Å². The molecule has 194 valence electrons. The second-order valence-electron chi connectivity index (χ2n) is 8.88. The van der Waals surface area contributed by atoms with E-state index in [-0.39, 0.29) is 18.9 Å². The maximum Gasteiger partial charge on any atom is 0.573 e. The van der Waals surface area contributed by atoms with Gasteiger partial charge in [0.15, 0.2) is 0 Å². The van der Waals surface area contributed by atoms with Crippen LogP contribution in [0.1, 0.15) is 5.56 Å². The smallest absolute Gasteiger partial charge is 0.457 e. The summed E-state index contributed by atoms with van der Waals surface area (Å²) in [4.78, 5) is 29.0. The number of ether oxygens (including phenoxy) is 3. The third-order valence-corrected chi connectivity index (χ3v) is 7.48. The highest BCUT2D eigenvalue weighted by atomic mass is 32.1. The number of alkyl halides is 3. The molecule has 8 nitrogen and oxygen atoms in total. The number of aryl methyl sites for hydroxylation is 1. The number of hydrogen-bond donors (Lipinski definition) is 2. The van der Waals surface area contributed by atoms with Gasteiger partial charge in [0.1, 0.15) is 22.1 Å². The fraction of sp³-hybridized carbons (Fsp3) is 0.280. The summed E-state index contributed by atoms with van der Waals surface area (Å²) in [7, 11) is 0. The molecule has 12 heteroatoms. The Morgan fingerprint density at radius 2 is 1.65 bits per heavy atom. The van der Waals surface area contributed by atoms with Crippen LogP contribution in [-0.2, 0) is 11.3 Å². The van der Waals surface area contributed by atoms with Crippen molar-refractivity contribution >= 4 is 21.6 Å². The highest BCUT2D eigenvalue weighted by Gasteiger charge is 2.39. The second kappa shape index (κ2) is 9.36. The Kier molecular flexibility index (Phi) is 6.34. The summed E-state index contributed by atoms with van der Waals surface area (Å²) in [5, 5.41) is 10.2. The molecule has 1 saturated heterocycles. The van der Waals surface area contributed by atoms with Crippen LogP contribution in [0, 0.1) is 12.3 Å². The van der Waals surface area contributed by atoms with Crippen molar-refractivity contribution in [1.82, 2.24) is 9.55 Å². The number of H-pyrrole nitrogens is 1. The highest BCUT2D eigenvalue weighted by Crippen LogP contribution is 2.38. The van der Waals surface area contributed by atoms with Crippen LogP contribution in [0.2, 0.25) is 0 Å². The van der Waals surface area contributed by atoms with Gasteiger partial charge >= 0.3 is 12.1 Å². The van der Waals surface area contributed by atoms with Crippen LogP contribution in [-0.4, -0.2) is 40.8 Å². The number of thiophene rings is 1. The predicted molar refractivity (Wildman–Crippen MR) is 130 cm³/mol. The van der Waals surface area contributed by atoms with Crippen molar-refractivity contribution < 1.29 is 32.5 Å². The van der Waals surface area contributed by atoms with Gasteiger partial charge in [0.25, 0.3) is 5.56 Å². The van der Waals surface area contributed by atoms with E-state index in [0.717, 1.165) is 22.6 Å². The number of aromatic amines is 1. The van der Waals surface area contributed by atoms with Crippen LogP contribution >= 0.6 is 11.3 Å². The van der Waals surface area contributed by atoms with E-state index in [1.165, 1.54) is 28.0 Å². The van der Waals surface area contributed by atoms with Crippen LogP contribution in [0.15, 0.2) is 58.1 Å². The van der Waals surface area contributed by atoms with Crippen LogP contribution in [0.3, 0.4) is 0 Å². The third-order valence-electron chi connectivity index (χ3n) is 6.12. The van der Waals surface area contributed by atoms with Crippen LogP contribution in [0.25, 0.3) is 20.7 Å². The van der Waals surface area contributed by atoms with Gasteiger partial charge < -0.3 is 19.3 Å². The number of fused-ring (bicyclic) bond motifs is 1. The molecule has 0 spiro atoms. The van der Waals surface area contributed by atoms with E-state index in [4.69, 9.17) is 9.47 Å². The molecular formula is C25H21F3N2O6S. The summed E-state index contributed by atoms with van der Waals surface area (Å²) in [5.41, 5.74) is -0.0742. The van der Waals surface area contributed by atoms with Crippen LogP contribution < -0.4 is 20.7 Å². The maximum atomic E-state index is 12.7. The minimum absolute atomic E-state index is 0.142. The van der Waals surface area contributed by atoms with E-state index in [9.17, 15) is 27.9 Å². The Balaban J connectivity index is 1.42. The van der Waals surface area contributed by atoms with Gasteiger partial charge in [-0.1, -0.05) is 0 Å². The van der Waals surface area contributed by atoms with E-state index < -0.39 is 23.0 Å². The summed E-state index contributed by atoms with van der Waals surface area (Å²) < 4.78 is 53.3. The number of halogens is 3. The number of aromatic nitrogens is 2. The largest absolute Gasteiger partial charge is 0.573 e. The average Bonchev–Trinajstić information content (AvgIpc) is 3.16. The number of hydrogen-bond acceptors (Lipinski definition) is 7. The lowest BCUT2D eigenvalue weighted by molar-refractivity contribution is -0.274. The molecule has 1 aliphatic rings. The minimum atomic E-state index is -4.77. The van der Waals surface area contributed by atoms with Crippen molar-refractivity contribution in [2.45, 2.75) is 19.8 Å². The number of nitrogens with one attached hydrogen (secondary N) is 1. The number of nitrogens with zero attached hydrogens (tertiary/aromatic N) is 1. The van der Waals surface area contributed by atoms with Gasteiger partial charge in [0, 0.05) is 11.4 Å². The fourth-order valence-electron chi connectivity index (χ4n) is 4.17. The van der Waals surface area contributed by atoms with Gasteiger partial charge in [-0.2, -0.15) is 0 Å². The Labute approximate surface area is 211 Å². The third kappa shape index (κ3) is 4.99. The summed E-state index contributed by atoms with van der Waals surface area (Å²) in [6, 6.07) is 12.0. The summed E-state index contributed by atoms with van der Waals surface area (Å²) in [6.45, 7) is 2.54. The Bertz CT molecular complexity index is 1550. The first kappa shape index (κ1) is 25.1. The van der Waals surface area contributed by atoms with E-state index in [1.54, 1.807) is 24.3 Å². The summed E-state index contributed by atoms with van der Waals surface area (Å²) in [6.07, 6.45) is -4.77. The van der Waals surface area contributed by atoms with Gasteiger partial charge in [-0.3, -0.25) is 14.3 Å². The van der Waals surface area contributed by atoms with Crippen molar-refractivity contribution in [3.05, 3.63) is 74.9 Å². The molecule has 0 unspecified atom stereocenters. The maximum absolute atomic E-state index is 12.7. The Morgan fingerprint density at radius 3 is 2.19 bits per heavy atom. The summed E-state index contributed by atoms with van der Waals surface area (Å²) >= 11 is 1.31. The molecule has 2 N–H and O–H groups in total. The molecule has 0 amide bonds. The standard InChI is InChI=1S/C25H21F3N2O6S/c1-14-19-21(32)29-23(33)30(10-24(11-31)12-34-13-24)22(19)37-20(14)15-2-4-16(5-3-15)35-17-6-8-18(9-7-17)36-25(26,27)28/h2-9,31H,10-13H2,1H3,(H,29,32,33). The number of aliphatic hydroxyl groups excluding tert-OH is 1. The van der Waals surface area contributed by atoms with Gasteiger partial charge in [0.2, 0.25) is 0 Å². The lowest BCUT2D eigenvalue weighted by Crippen LogP contribution is -2.50. The van der Waals surface area contributed by atoms with Gasteiger partial charge in [-0.25, -0.2) is 4.79 Å². The lowest BCUT2D eigenvalue weighted by Gasteiger charge is -2.40. The van der Waals surface area contributed by atoms with Crippen LogP contribution in [0.4, 0.5) is 13.2 Å². The normalized spacial score (nSPS) is 14.9.